The monoisotopic (exact) mass is 277 g/mol. The van der Waals surface area contributed by atoms with E-state index in [4.69, 9.17) is 0 Å². The minimum Gasteiger partial charge on any atom is -0.402 e. The summed E-state index contributed by atoms with van der Waals surface area (Å²) in [5.74, 6) is 0. The lowest BCUT2D eigenvalue weighted by Gasteiger charge is -2.03. The zero-order chi connectivity index (χ0) is 13.9. The number of hydrogen-bond donors (Lipinski definition) is 0. The summed E-state index contributed by atoms with van der Waals surface area (Å²) in [7, 11) is 2.73. The van der Waals surface area contributed by atoms with Gasteiger partial charge in [-0.25, -0.2) is 0 Å². The first-order valence-electron chi connectivity index (χ1n) is 6.64. The molecule has 0 spiro atoms. The van der Waals surface area contributed by atoms with E-state index in [0.717, 1.165) is 6.42 Å². The fraction of sp³-hybridized carbons (Fsp3) is 0.400. The summed E-state index contributed by atoms with van der Waals surface area (Å²) in [6.45, 7) is 2.21. The molecule has 0 aliphatic rings. The van der Waals surface area contributed by atoms with Gasteiger partial charge in [-0.1, -0.05) is 37.6 Å². The van der Waals surface area contributed by atoms with Crippen molar-refractivity contribution in [2.75, 3.05) is 14.2 Å². The molecule has 0 saturated carbocycles. The molecule has 4 heteroatoms. The van der Waals surface area contributed by atoms with Crippen molar-refractivity contribution in [1.82, 2.24) is 4.98 Å². The Hall–Kier alpha value is -1.23. The Kier molecular flexibility index (Phi) is 8.05. The Morgan fingerprint density at radius 1 is 1.11 bits per heavy atom. The fourth-order valence-corrected chi connectivity index (χ4v) is 2.08. The molecule has 0 atom stereocenters. The summed E-state index contributed by atoms with van der Waals surface area (Å²) >= 11 is 0. The van der Waals surface area contributed by atoms with Gasteiger partial charge in [0.15, 0.2) is 0 Å². The topological polar surface area (TPSA) is 31.4 Å². The van der Waals surface area contributed by atoms with Gasteiger partial charge in [0, 0.05) is 31.5 Å². The number of hydrogen-bond acceptors (Lipinski definition) is 3. The van der Waals surface area contributed by atoms with Gasteiger partial charge in [-0.2, -0.15) is 0 Å². The van der Waals surface area contributed by atoms with Gasteiger partial charge in [-0.15, -0.1) is 0 Å². The number of pyridine rings is 1. The van der Waals surface area contributed by atoms with Crippen LogP contribution in [-0.4, -0.2) is 29.2 Å². The van der Waals surface area contributed by atoms with Gasteiger partial charge in [0.25, 0.3) is 0 Å². The molecule has 2 aromatic rings. The fourth-order valence-electron chi connectivity index (χ4n) is 1.84. The maximum absolute atomic E-state index is 4.61. The van der Waals surface area contributed by atoms with E-state index in [1.165, 1.54) is 29.3 Å². The molecule has 19 heavy (non-hydrogen) atoms. The molecule has 0 aliphatic carbocycles. The van der Waals surface area contributed by atoms with E-state index >= 15 is 0 Å². The second kappa shape index (κ2) is 9.66. The van der Waals surface area contributed by atoms with Gasteiger partial charge in [0.1, 0.15) is 0 Å². The second-order valence-corrected chi connectivity index (χ2v) is 5.67. The van der Waals surface area contributed by atoms with Crippen LogP contribution in [0, 0.1) is 0 Å². The van der Waals surface area contributed by atoms with Crippen LogP contribution in [0.3, 0.4) is 0 Å². The zero-order valence-corrected chi connectivity index (χ0v) is 13.5. The third-order valence-corrected chi connectivity index (χ3v) is 3.23. The molecule has 0 unspecified atom stereocenters. The molecule has 2 rings (SSSR count). The maximum atomic E-state index is 4.61. The predicted molar refractivity (Wildman–Crippen MR) is 82.9 cm³/mol. The molecule has 0 radical (unpaired) electrons. The Balaban J connectivity index is 0.000000312. The van der Waals surface area contributed by atoms with Crippen LogP contribution in [0.1, 0.15) is 25.5 Å². The molecule has 0 saturated heterocycles. The van der Waals surface area contributed by atoms with Crippen molar-refractivity contribution in [3.05, 3.63) is 42.2 Å². The average Bonchev–Trinajstić information content (AvgIpc) is 2.46. The molecule has 0 fully saturated rings. The van der Waals surface area contributed by atoms with Gasteiger partial charge in [-0.05, 0) is 24.3 Å². The highest BCUT2D eigenvalue weighted by Gasteiger charge is 1.99. The standard InChI is InChI=1S/C13H15N.C2H8O2Si/c1-2-3-8-13-12-7-5-4-6-11(12)9-10-14-13;1-3-5-4-2/h4-7,9-10H,2-3,8H2,1H3;5H2,1-2H3. The van der Waals surface area contributed by atoms with Crippen LogP contribution in [0.4, 0.5) is 0 Å². The number of nitrogens with zero attached hydrogens (tertiary/aromatic N) is 1. The lowest BCUT2D eigenvalue weighted by molar-refractivity contribution is 0.309. The summed E-state index contributed by atoms with van der Waals surface area (Å²) in [5, 5.41) is 2.61. The zero-order valence-electron chi connectivity index (χ0n) is 12.1. The first-order chi connectivity index (χ1) is 9.33. The minimum absolute atomic E-state index is 0.568. The molecule has 0 aliphatic heterocycles. The number of aromatic nitrogens is 1. The smallest absolute Gasteiger partial charge is 0.303 e. The van der Waals surface area contributed by atoms with Gasteiger partial charge >= 0.3 is 10.0 Å². The quantitative estimate of drug-likeness (QED) is 0.788. The Labute approximate surface area is 118 Å². The van der Waals surface area contributed by atoms with Gasteiger partial charge in [0.05, 0.1) is 0 Å². The first kappa shape index (κ1) is 15.8. The number of rotatable bonds is 5. The maximum Gasteiger partial charge on any atom is 0.303 e. The van der Waals surface area contributed by atoms with Crippen LogP contribution in [0.15, 0.2) is 36.5 Å². The summed E-state index contributed by atoms with van der Waals surface area (Å²) in [5.41, 5.74) is 1.24. The second-order valence-electron chi connectivity index (χ2n) is 4.28. The SMILES string of the molecule is CCCCc1nccc2ccccc12.CO[SiH2]OC. The Bertz CT molecular complexity index is 469. The molecular weight excluding hydrogens is 254 g/mol. The number of benzene rings is 1. The van der Waals surface area contributed by atoms with Crippen LogP contribution < -0.4 is 0 Å². The predicted octanol–water partition coefficient (Wildman–Crippen LogP) is 2.86. The molecule has 0 amide bonds. The van der Waals surface area contributed by atoms with Crippen molar-refractivity contribution in [2.24, 2.45) is 0 Å². The van der Waals surface area contributed by atoms with Gasteiger partial charge in [0.2, 0.25) is 0 Å². The van der Waals surface area contributed by atoms with Crippen LogP contribution in [0.25, 0.3) is 10.8 Å². The summed E-state index contributed by atoms with van der Waals surface area (Å²) < 4.78 is 9.22. The first-order valence-corrected chi connectivity index (χ1v) is 7.79. The molecule has 0 N–H and O–H groups in total. The average molecular weight is 277 g/mol. The number of aryl methyl sites for hydroxylation is 1. The van der Waals surface area contributed by atoms with E-state index in [9.17, 15) is 0 Å². The van der Waals surface area contributed by atoms with Crippen molar-refractivity contribution >= 4 is 20.8 Å². The molecule has 1 aromatic heterocycles. The van der Waals surface area contributed by atoms with Crippen LogP contribution in [-0.2, 0) is 15.3 Å². The molecule has 1 aromatic carbocycles. The third kappa shape index (κ3) is 5.51. The van der Waals surface area contributed by atoms with E-state index in [1.807, 2.05) is 6.20 Å². The van der Waals surface area contributed by atoms with Crippen LogP contribution in [0.5, 0.6) is 0 Å². The summed E-state index contributed by atoms with van der Waals surface area (Å²) in [6.07, 6.45) is 5.46. The molecule has 3 nitrogen and oxygen atoms in total. The van der Waals surface area contributed by atoms with E-state index in [1.54, 1.807) is 14.2 Å². The Morgan fingerprint density at radius 2 is 1.84 bits per heavy atom. The van der Waals surface area contributed by atoms with Crippen molar-refractivity contribution < 1.29 is 8.85 Å². The lowest BCUT2D eigenvalue weighted by Crippen LogP contribution is -1.93. The normalized spacial score (nSPS) is 10.1. The largest absolute Gasteiger partial charge is 0.402 e. The van der Waals surface area contributed by atoms with Crippen molar-refractivity contribution in [3.63, 3.8) is 0 Å². The highest BCUT2D eigenvalue weighted by Crippen LogP contribution is 2.17. The lowest BCUT2D eigenvalue weighted by atomic mass is 10.1. The molecule has 1 heterocycles. The van der Waals surface area contributed by atoms with E-state index in [-0.39, 0.29) is 0 Å². The summed E-state index contributed by atoms with van der Waals surface area (Å²) in [6, 6.07) is 10.5. The highest BCUT2D eigenvalue weighted by atomic mass is 28.3. The third-order valence-electron chi connectivity index (χ3n) is 2.76. The summed E-state index contributed by atoms with van der Waals surface area (Å²) in [4.78, 5) is 4.44. The highest BCUT2D eigenvalue weighted by molar-refractivity contribution is 6.17. The van der Waals surface area contributed by atoms with E-state index in [2.05, 4.69) is 51.1 Å². The minimum atomic E-state index is -0.568. The van der Waals surface area contributed by atoms with Crippen LogP contribution in [0.2, 0.25) is 0 Å². The van der Waals surface area contributed by atoms with Crippen molar-refractivity contribution in [2.45, 2.75) is 26.2 Å². The van der Waals surface area contributed by atoms with Gasteiger partial charge < -0.3 is 8.85 Å². The molecule has 104 valence electrons. The van der Waals surface area contributed by atoms with E-state index in [0.29, 0.717) is 0 Å². The van der Waals surface area contributed by atoms with E-state index < -0.39 is 10.0 Å². The molecular formula is C15H23NO2Si. The van der Waals surface area contributed by atoms with Crippen molar-refractivity contribution in [1.29, 1.82) is 0 Å². The van der Waals surface area contributed by atoms with Crippen LogP contribution >= 0.6 is 0 Å². The van der Waals surface area contributed by atoms with Gasteiger partial charge in [-0.3, -0.25) is 4.98 Å². The Morgan fingerprint density at radius 3 is 2.47 bits per heavy atom. The molecule has 0 bridgehead atoms. The number of unbranched alkanes of at least 4 members (excludes halogenated alkanes) is 1. The van der Waals surface area contributed by atoms with Crippen molar-refractivity contribution in [3.8, 4) is 0 Å². The number of fused-ring (bicyclic) bond motifs is 1.